The molecular formula is C21H27N5O7. The first kappa shape index (κ1) is 25.6. The van der Waals surface area contributed by atoms with Crippen LogP contribution in [-0.4, -0.2) is 56.9 Å². The molecule has 1 aliphatic heterocycles. The van der Waals surface area contributed by atoms with Crippen LogP contribution in [0.5, 0.6) is 0 Å². The van der Waals surface area contributed by atoms with E-state index in [4.69, 9.17) is 5.73 Å². The lowest BCUT2D eigenvalue weighted by Crippen LogP contribution is -2.72. The number of carbonyl (C=O) groups excluding carboxylic acids is 5. The van der Waals surface area contributed by atoms with Crippen LogP contribution in [0.3, 0.4) is 0 Å². The van der Waals surface area contributed by atoms with E-state index in [1.165, 1.54) is 52.0 Å². The van der Waals surface area contributed by atoms with Gasteiger partial charge in [-0.3, -0.25) is 39.0 Å². The average Bonchev–Trinajstić information content (AvgIpc) is 2.74. The Hall–Kier alpha value is -3.67. The highest BCUT2D eigenvalue weighted by Crippen LogP contribution is 2.35. The molecule has 0 unspecified atom stereocenters. The van der Waals surface area contributed by atoms with Crippen LogP contribution in [0.15, 0.2) is 24.3 Å². The number of hydrogen-bond donors (Lipinski definition) is 3. The number of hydrogen-bond acceptors (Lipinski definition) is 8. The topological polar surface area (TPSA) is 182 Å². The molecule has 1 heterocycles. The molecule has 12 heteroatoms. The van der Waals surface area contributed by atoms with Crippen molar-refractivity contribution in [2.24, 2.45) is 11.7 Å². The maximum Gasteiger partial charge on any atom is 0.269 e. The number of ketones is 1. The molecule has 0 bridgehead atoms. The first-order chi connectivity index (χ1) is 15.3. The molecule has 1 aliphatic rings. The Morgan fingerprint density at radius 2 is 1.67 bits per heavy atom. The van der Waals surface area contributed by atoms with E-state index in [1.807, 2.05) is 0 Å². The van der Waals surface area contributed by atoms with Gasteiger partial charge >= 0.3 is 0 Å². The number of imide groups is 1. The van der Waals surface area contributed by atoms with Crippen LogP contribution in [0, 0.1) is 16.0 Å². The molecule has 0 aromatic heterocycles. The fourth-order valence-corrected chi connectivity index (χ4v) is 3.70. The summed E-state index contributed by atoms with van der Waals surface area (Å²) < 4.78 is 0. The van der Waals surface area contributed by atoms with E-state index in [9.17, 15) is 34.1 Å². The number of rotatable bonds is 7. The zero-order valence-corrected chi connectivity index (χ0v) is 18.8. The number of Topliss-reactive ketones (excluding diaryl/α,β-unsaturated/α-hetero) is 1. The number of likely N-dealkylation sites (tertiary alicyclic amines) is 1. The van der Waals surface area contributed by atoms with Crippen molar-refractivity contribution in [3.05, 3.63) is 34.4 Å². The van der Waals surface area contributed by atoms with Crippen molar-refractivity contribution in [1.29, 1.82) is 0 Å². The van der Waals surface area contributed by atoms with Crippen LogP contribution in [-0.2, 0) is 24.0 Å². The predicted octanol–water partition coefficient (Wildman–Crippen LogP) is 0.498. The minimum absolute atomic E-state index is 0.141. The number of carbonyl (C=O) groups is 5. The lowest BCUT2D eigenvalue weighted by molar-refractivity contribution is -0.384. The Labute approximate surface area is 190 Å². The van der Waals surface area contributed by atoms with E-state index in [0.717, 1.165) is 0 Å². The zero-order valence-electron chi connectivity index (χ0n) is 18.8. The Morgan fingerprint density at radius 3 is 2.15 bits per heavy atom. The molecule has 4 N–H and O–H groups in total. The van der Waals surface area contributed by atoms with Crippen molar-refractivity contribution in [2.75, 3.05) is 5.32 Å². The van der Waals surface area contributed by atoms with Crippen molar-refractivity contribution < 1.29 is 28.9 Å². The van der Waals surface area contributed by atoms with Gasteiger partial charge in [-0.1, -0.05) is 13.8 Å². The van der Waals surface area contributed by atoms with Crippen molar-refractivity contribution in [3.63, 3.8) is 0 Å². The Balaban J connectivity index is 2.47. The van der Waals surface area contributed by atoms with Crippen molar-refractivity contribution in [2.45, 2.75) is 58.2 Å². The number of nitrogens with two attached hydrogens (primary N) is 1. The summed E-state index contributed by atoms with van der Waals surface area (Å²) in [5.74, 6) is -4.66. The normalized spacial score (nSPS) is 20.2. The molecule has 0 spiro atoms. The summed E-state index contributed by atoms with van der Waals surface area (Å²) >= 11 is 0. The minimum Gasteiger partial charge on any atom is -0.343 e. The van der Waals surface area contributed by atoms with Crippen LogP contribution < -0.4 is 16.4 Å². The summed E-state index contributed by atoms with van der Waals surface area (Å²) in [5, 5.41) is 15.7. The van der Waals surface area contributed by atoms with Crippen molar-refractivity contribution >= 4 is 40.8 Å². The third kappa shape index (κ3) is 4.90. The van der Waals surface area contributed by atoms with Crippen molar-refractivity contribution in [1.82, 2.24) is 10.2 Å². The summed E-state index contributed by atoms with van der Waals surface area (Å²) in [7, 11) is 0. The second kappa shape index (κ2) is 9.86. The maximum atomic E-state index is 13.5. The molecule has 33 heavy (non-hydrogen) atoms. The SMILES string of the molecule is CC(C)[C@]1(C(=O)Nc2ccc([N+](=O)[O-])cc2)C(=O)CCC(=O)N1C(=O)[C@H](C)NC(=O)[C@H](C)N. The summed E-state index contributed by atoms with van der Waals surface area (Å²) in [4.78, 5) is 75.5. The van der Waals surface area contributed by atoms with Gasteiger partial charge in [-0.05, 0) is 31.9 Å². The molecule has 4 amide bonds. The van der Waals surface area contributed by atoms with E-state index in [0.29, 0.717) is 4.90 Å². The molecular weight excluding hydrogens is 434 g/mol. The lowest BCUT2D eigenvalue weighted by Gasteiger charge is -2.46. The van der Waals surface area contributed by atoms with Gasteiger partial charge in [0.1, 0.15) is 6.04 Å². The van der Waals surface area contributed by atoms with Gasteiger partial charge in [0, 0.05) is 30.7 Å². The Morgan fingerprint density at radius 1 is 1.09 bits per heavy atom. The van der Waals surface area contributed by atoms with Gasteiger partial charge in [0.05, 0.1) is 11.0 Å². The average molecular weight is 461 g/mol. The summed E-state index contributed by atoms with van der Waals surface area (Å²) in [6, 6.07) is 2.73. The standard InChI is InChI=1S/C21H27N5O7/c1-11(2)21(20(31)24-14-5-7-15(8-6-14)26(32)33)16(27)9-10-17(28)25(21)19(30)13(4)23-18(29)12(3)22/h5-8,11-13H,9-10,22H2,1-4H3,(H,23,29)(H,24,31)/t12-,13-,21+/m0/s1. The fraction of sp³-hybridized carbons (Fsp3) is 0.476. The molecule has 0 saturated carbocycles. The van der Waals surface area contributed by atoms with Gasteiger partial charge in [0.2, 0.25) is 11.8 Å². The van der Waals surface area contributed by atoms with Crippen molar-refractivity contribution in [3.8, 4) is 0 Å². The number of nitro benzene ring substituents is 1. The molecule has 0 radical (unpaired) electrons. The first-order valence-corrected chi connectivity index (χ1v) is 10.4. The highest BCUT2D eigenvalue weighted by atomic mass is 16.6. The second-order valence-corrected chi connectivity index (χ2v) is 8.19. The minimum atomic E-state index is -2.17. The van der Waals surface area contributed by atoms with Gasteiger partial charge in [0.15, 0.2) is 11.3 Å². The number of piperidine rings is 1. The van der Waals surface area contributed by atoms with E-state index in [1.54, 1.807) is 0 Å². The molecule has 1 saturated heterocycles. The summed E-state index contributed by atoms with van der Waals surface area (Å²) in [6.07, 6.45) is -0.507. The highest BCUT2D eigenvalue weighted by molar-refractivity contribution is 6.23. The van der Waals surface area contributed by atoms with Crippen LogP contribution in [0.4, 0.5) is 11.4 Å². The Kier molecular flexibility index (Phi) is 7.64. The molecule has 1 aromatic carbocycles. The van der Waals surface area contributed by atoms with Gasteiger partial charge < -0.3 is 16.4 Å². The van der Waals surface area contributed by atoms with Crippen LogP contribution in [0.1, 0.15) is 40.5 Å². The molecule has 2 rings (SSSR count). The monoisotopic (exact) mass is 461 g/mol. The van der Waals surface area contributed by atoms with Gasteiger partial charge in [-0.25, -0.2) is 0 Å². The van der Waals surface area contributed by atoms with E-state index >= 15 is 0 Å². The molecule has 1 aromatic rings. The third-order valence-corrected chi connectivity index (χ3v) is 5.47. The lowest BCUT2D eigenvalue weighted by atomic mass is 9.75. The smallest absolute Gasteiger partial charge is 0.269 e. The zero-order chi connectivity index (χ0) is 25.1. The summed E-state index contributed by atoms with van der Waals surface area (Å²) in [6.45, 7) is 5.79. The first-order valence-electron chi connectivity index (χ1n) is 10.4. The predicted molar refractivity (Wildman–Crippen MR) is 117 cm³/mol. The van der Waals surface area contributed by atoms with Crippen LogP contribution in [0.25, 0.3) is 0 Å². The van der Waals surface area contributed by atoms with E-state index < -0.39 is 57.9 Å². The van der Waals surface area contributed by atoms with E-state index in [-0.39, 0.29) is 24.2 Å². The highest BCUT2D eigenvalue weighted by Gasteiger charge is 2.59. The number of anilines is 1. The van der Waals surface area contributed by atoms with Gasteiger partial charge in [-0.15, -0.1) is 0 Å². The largest absolute Gasteiger partial charge is 0.343 e. The molecule has 1 fully saturated rings. The quantitative estimate of drug-likeness (QED) is 0.298. The van der Waals surface area contributed by atoms with E-state index in [2.05, 4.69) is 10.6 Å². The number of benzene rings is 1. The number of nitro groups is 1. The fourth-order valence-electron chi connectivity index (χ4n) is 3.70. The number of non-ortho nitro benzene ring substituents is 1. The van der Waals surface area contributed by atoms with Crippen LogP contribution >= 0.6 is 0 Å². The number of amides is 4. The molecule has 3 atom stereocenters. The number of nitrogens with one attached hydrogen (secondary N) is 2. The third-order valence-electron chi connectivity index (χ3n) is 5.47. The molecule has 12 nitrogen and oxygen atoms in total. The second-order valence-electron chi connectivity index (χ2n) is 8.19. The Bertz CT molecular complexity index is 989. The van der Waals surface area contributed by atoms with Crippen LogP contribution in [0.2, 0.25) is 0 Å². The molecule has 178 valence electrons. The van der Waals surface area contributed by atoms with Gasteiger partial charge in [-0.2, -0.15) is 0 Å². The molecule has 0 aliphatic carbocycles. The maximum absolute atomic E-state index is 13.5. The number of nitrogens with zero attached hydrogens (tertiary/aromatic N) is 2. The van der Waals surface area contributed by atoms with Gasteiger partial charge in [0.25, 0.3) is 17.5 Å². The summed E-state index contributed by atoms with van der Waals surface area (Å²) in [5.41, 5.74) is 3.29.